The molecular formula is C18H19N. The first kappa shape index (κ1) is 12.2. The highest BCUT2D eigenvalue weighted by Gasteiger charge is 2.20. The van der Waals surface area contributed by atoms with Crippen LogP contribution < -0.4 is 5.32 Å². The van der Waals surface area contributed by atoms with Crippen LogP contribution in [0.5, 0.6) is 0 Å². The van der Waals surface area contributed by atoms with Crippen LogP contribution in [0.3, 0.4) is 0 Å². The average molecular weight is 249 g/mol. The lowest BCUT2D eigenvalue weighted by molar-refractivity contribution is 0.564. The zero-order chi connectivity index (χ0) is 12.9. The summed E-state index contributed by atoms with van der Waals surface area (Å²) < 4.78 is 0. The Balaban J connectivity index is 1.56. The van der Waals surface area contributed by atoms with Gasteiger partial charge in [0.15, 0.2) is 0 Å². The van der Waals surface area contributed by atoms with E-state index in [9.17, 15) is 0 Å². The fourth-order valence-electron chi connectivity index (χ4n) is 2.74. The monoisotopic (exact) mass is 249 g/mol. The molecule has 0 heterocycles. The fourth-order valence-corrected chi connectivity index (χ4v) is 2.74. The zero-order valence-electron chi connectivity index (χ0n) is 11.0. The summed E-state index contributed by atoms with van der Waals surface area (Å²) in [5, 5.41) is 3.62. The highest BCUT2D eigenvalue weighted by Crippen LogP contribution is 2.30. The van der Waals surface area contributed by atoms with Crippen LogP contribution in [-0.2, 0) is 6.42 Å². The smallest absolute Gasteiger partial charge is 0.0328 e. The van der Waals surface area contributed by atoms with Gasteiger partial charge in [-0.15, -0.1) is 0 Å². The van der Waals surface area contributed by atoms with E-state index in [1.165, 1.54) is 29.5 Å². The Bertz CT molecular complexity index is 557. The molecule has 0 spiro atoms. The van der Waals surface area contributed by atoms with Crippen molar-refractivity contribution in [3.8, 4) is 0 Å². The van der Waals surface area contributed by atoms with E-state index >= 15 is 0 Å². The van der Waals surface area contributed by atoms with Gasteiger partial charge in [0, 0.05) is 12.6 Å². The normalized spacial score (nSPS) is 17.8. The van der Waals surface area contributed by atoms with Crippen LogP contribution in [0.4, 0.5) is 0 Å². The minimum atomic E-state index is 0.525. The molecule has 2 aromatic rings. The van der Waals surface area contributed by atoms with Crippen molar-refractivity contribution < 1.29 is 0 Å². The van der Waals surface area contributed by atoms with Crippen molar-refractivity contribution in [3.05, 3.63) is 77.4 Å². The Morgan fingerprint density at radius 3 is 2.68 bits per heavy atom. The summed E-state index contributed by atoms with van der Waals surface area (Å²) in [5.41, 5.74) is 4.25. The third-order valence-electron chi connectivity index (χ3n) is 3.72. The van der Waals surface area contributed by atoms with Crippen molar-refractivity contribution in [3.63, 3.8) is 0 Å². The summed E-state index contributed by atoms with van der Waals surface area (Å²) in [5.74, 6) is 0. The second kappa shape index (κ2) is 5.85. The van der Waals surface area contributed by atoms with Gasteiger partial charge in [0.1, 0.15) is 0 Å². The van der Waals surface area contributed by atoms with Gasteiger partial charge in [0.05, 0.1) is 0 Å². The second-order valence-corrected chi connectivity index (χ2v) is 5.01. The summed E-state index contributed by atoms with van der Waals surface area (Å²) in [6.07, 6.45) is 6.80. The minimum absolute atomic E-state index is 0.525. The van der Waals surface area contributed by atoms with Crippen LogP contribution in [0.15, 0.2) is 60.7 Å². The first-order valence-electron chi connectivity index (χ1n) is 6.96. The van der Waals surface area contributed by atoms with Gasteiger partial charge in [-0.3, -0.25) is 0 Å². The van der Waals surface area contributed by atoms with Crippen LogP contribution >= 0.6 is 0 Å². The van der Waals surface area contributed by atoms with Crippen LogP contribution in [0.2, 0.25) is 0 Å². The SMILES string of the molecule is C(=Cc1ccccc1)CNC1CCc2ccccc21. The molecule has 1 nitrogen and oxygen atoms in total. The number of aryl methyl sites for hydroxylation is 1. The molecule has 0 bridgehead atoms. The van der Waals surface area contributed by atoms with E-state index in [0.717, 1.165) is 6.54 Å². The number of hydrogen-bond acceptors (Lipinski definition) is 1. The van der Waals surface area contributed by atoms with Gasteiger partial charge in [0.2, 0.25) is 0 Å². The van der Waals surface area contributed by atoms with E-state index in [4.69, 9.17) is 0 Å². The standard InChI is InChI=1S/C18H19N/c1-2-7-15(8-3-1)9-6-14-19-18-13-12-16-10-4-5-11-17(16)18/h1-11,18-19H,12-14H2. The van der Waals surface area contributed by atoms with Crippen LogP contribution in [-0.4, -0.2) is 6.54 Å². The number of benzene rings is 2. The quantitative estimate of drug-likeness (QED) is 0.864. The lowest BCUT2D eigenvalue weighted by Crippen LogP contribution is -2.18. The number of rotatable bonds is 4. The lowest BCUT2D eigenvalue weighted by Gasteiger charge is -2.12. The molecule has 0 amide bonds. The van der Waals surface area contributed by atoms with Crippen molar-refractivity contribution in [1.82, 2.24) is 5.32 Å². The molecule has 1 aliphatic carbocycles. The topological polar surface area (TPSA) is 12.0 Å². The van der Waals surface area contributed by atoms with E-state index < -0.39 is 0 Å². The summed E-state index contributed by atoms with van der Waals surface area (Å²) in [6, 6.07) is 19.7. The van der Waals surface area contributed by atoms with E-state index in [0.29, 0.717) is 6.04 Å². The van der Waals surface area contributed by atoms with Crippen molar-refractivity contribution in [2.24, 2.45) is 0 Å². The third kappa shape index (κ3) is 2.94. The Morgan fingerprint density at radius 1 is 1.00 bits per heavy atom. The molecule has 0 aliphatic heterocycles. The van der Waals surface area contributed by atoms with Gasteiger partial charge in [-0.1, -0.05) is 66.7 Å². The Hall–Kier alpha value is -1.86. The van der Waals surface area contributed by atoms with Gasteiger partial charge >= 0.3 is 0 Å². The van der Waals surface area contributed by atoms with Crippen molar-refractivity contribution in [2.75, 3.05) is 6.54 Å². The molecule has 1 atom stereocenters. The molecule has 1 N–H and O–H groups in total. The van der Waals surface area contributed by atoms with Gasteiger partial charge < -0.3 is 5.32 Å². The summed E-state index contributed by atoms with van der Waals surface area (Å²) in [6.45, 7) is 0.924. The first-order valence-corrected chi connectivity index (χ1v) is 6.96. The maximum Gasteiger partial charge on any atom is 0.0328 e. The van der Waals surface area contributed by atoms with Gasteiger partial charge in [-0.25, -0.2) is 0 Å². The largest absolute Gasteiger partial charge is 0.306 e. The molecular weight excluding hydrogens is 230 g/mol. The molecule has 3 rings (SSSR count). The minimum Gasteiger partial charge on any atom is -0.306 e. The van der Waals surface area contributed by atoms with Crippen molar-refractivity contribution in [2.45, 2.75) is 18.9 Å². The fraction of sp³-hybridized carbons (Fsp3) is 0.222. The van der Waals surface area contributed by atoms with Crippen LogP contribution in [0, 0.1) is 0 Å². The highest BCUT2D eigenvalue weighted by atomic mass is 14.9. The number of nitrogens with one attached hydrogen (secondary N) is 1. The molecule has 0 saturated carbocycles. The molecule has 0 fully saturated rings. The predicted octanol–water partition coefficient (Wildman–Crippen LogP) is 3.98. The second-order valence-electron chi connectivity index (χ2n) is 5.01. The average Bonchev–Trinajstić information content (AvgIpc) is 2.88. The zero-order valence-corrected chi connectivity index (χ0v) is 11.0. The van der Waals surface area contributed by atoms with E-state index in [-0.39, 0.29) is 0 Å². The molecule has 1 unspecified atom stereocenters. The van der Waals surface area contributed by atoms with E-state index in [1.807, 2.05) is 6.07 Å². The molecule has 0 aromatic heterocycles. The van der Waals surface area contributed by atoms with Crippen molar-refractivity contribution >= 4 is 6.08 Å². The first-order chi connectivity index (χ1) is 9.43. The molecule has 2 aromatic carbocycles. The lowest BCUT2D eigenvalue weighted by atomic mass is 10.1. The molecule has 1 heteroatoms. The molecule has 0 saturated heterocycles. The van der Waals surface area contributed by atoms with Gasteiger partial charge in [-0.2, -0.15) is 0 Å². The maximum absolute atomic E-state index is 3.62. The Labute approximate surface area is 115 Å². The molecule has 96 valence electrons. The highest BCUT2D eigenvalue weighted by molar-refractivity contribution is 5.48. The summed E-state index contributed by atoms with van der Waals surface area (Å²) in [7, 11) is 0. The van der Waals surface area contributed by atoms with Gasteiger partial charge in [-0.05, 0) is 29.5 Å². The summed E-state index contributed by atoms with van der Waals surface area (Å²) >= 11 is 0. The summed E-state index contributed by atoms with van der Waals surface area (Å²) in [4.78, 5) is 0. The van der Waals surface area contributed by atoms with Crippen molar-refractivity contribution in [1.29, 1.82) is 0 Å². The number of fused-ring (bicyclic) bond motifs is 1. The third-order valence-corrected chi connectivity index (χ3v) is 3.72. The van der Waals surface area contributed by atoms with E-state index in [2.05, 4.69) is 66.0 Å². The Morgan fingerprint density at radius 2 is 1.79 bits per heavy atom. The van der Waals surface area contributed by atoms with Gasteiger partial charge in [0.25, 0.3) is 0 Å². The van der Waals surface area contributed by atoms with Crippen LogP contribution in [0.25, 0.3) is 6.08 Å². The number of hydrogen-bond donors (Lipinski definition) is 1. The Kier molecular flexibility index (Phi) is 3.75. The molecule has 19 heavy (non-hydrogen) atoms. The molecule has 1 aliphatic rings. The molecule has 0 radical (unpaired) electrons. The van der Waals surface area contributed by atoms with E-state index in [1.54, 1.807) is 0 Å². The van der Waals surface area contributed by atoms with Crippen LogP contribution in [0.1, 0.15) is 29.2 Å². The maximum atomic E-state index is 3.62. The predicted molar refractivity (Wildman–Crippen MR) is 81.0 cm³/mol.